The molecule has 0 bridgehead atoms. The SMILES string of the molecule is CCc1ccc(Oc2ccc(F)cc2C(N)=S)cc1. The third-order valence-electron chi connectivity index (χ3n) is 2.77. The quantitative estimate of drug-likeness (QED) is 0.862. The van der Waals surface area contributed by atoms with Gasteiger partial charge in [-0.3, -0.25) is 0 Å². The Morgan fingerprint density at radius 3 is 2.47 bits per heavy atom. The predicted molar refractivity (Wildman–Crippen MR) is 78.2 cm³/mol. The van der Waals surface area contributed by atoms with Gasteiger partial charge in [0.25, 0.3) is 0 Å². The maximum atomic E-state index is 13.2. The molecule has 0 heterocycles. The molecule has 0 aliphatic carbocycles. The number of rotatable bonds is 4. The van der Waals surface area contributed by atoms with E-state index >= 15 is 0 Å². The van der Waals surface area contributed by atoms with Crippen molar-refractivity contribution in [1.29, 1.82) is 0 Å². The molecule has 0 saturated carbocycles. The van der Waals surface area contributed by atoms with E-state index in [0.717, 1.165) is 6.42 Å². The van der Waals surface area contributed by atoms with E-state index in [2.05, 4.69) is 6.92 Å². The molecule has 2 nitrogen and oxygen atoms in total. The zero-order valence-electron chi connectivity index (χ0n) is 10.5. The zero-order chi connectivity index (χ0) is 13.8. The molecule has 0 fully saturated rings. The van der Waals surface area contributed by atoms with Crippen molar-refractivity contribution in [1.82, 2.24) is 0 Å². The van der Waals surface area contributed by atoms with Gasteiger partial charge in [-0.05, 0) is 42.3 Å². The minimum atomic E-state index is -0.392. The lowest BCUT2D eigenvalue weighted by Crippen LogP contribution is -2.11. The zero-order valence-corrected chi connectivity index (χ0v) is 11.3. The number of benzene rings is 2. The van der Waals surface area contributed by atoms with Crippen molar-refractivity contribution < 1.29 is 9.13 Å². The minimum Gasteiger partial charge on any atom is -0.457 e. The summed E-state index contributed by atoms with van der Waals surface area (Å²) in [6.07, 6.45) is 0.967. The fraction of sp³-hybridized carbons (Fsp3) is 0.133. The Morgan fingerprint density at radius 2 is 1.89 bits per heavy atom. The van der Waals surface area contributed by atoms with Crippen LogP contribution in [0.2, 0.25) is 0 Å². The van der Waals surface area contributed by atoms with E-state index in [4.69, 9.17) is 22.7 Å². The van der Waals surface area contributed by atoms with Crippen LogP contribution in [-0.4, -0.2) is 4.99 Å². The number of ether oxygens (including phenoxy) is 1. The van der Waals surface area contributed by atoms with Crippen LogP contribution in [0.5, 0.6) is 11.5 Å². The Balaban J connectivity index is 2.29. The number of nitrogens with two attached hydrogens (primary N) is 1. The van der Waals surface area contributed by atoms with Gasteiger partial charge in [0.2, 0.25) is 0 Å². The highest BCUT2D eigenvalue weighted by atomic mass is 32.1. The summed E-state index contributed by atoms with van der Waals surface area (Å²) in [5, 5.41) is 0. The Bertz CT molecular complexity index is 596. The lowest BCUT2D eigenvalue weighted by atomic mass is 10.1. The third kappa shape index (κ3) is 3.29. The second-order valence-corrected chi connectivity index (χ2v) is 4.54. The Kier molecular flexibility index (Phi) is 4.12. The first-order chi connectivity index (χ1) is 9.10. The first-order valence-corrected chi connectivity index (χ1v) is 6.37. The van der Waals surface area contributed by atoms with Crippen molar-refractivity contribution in [2.45, 2.75) is 13.3 Å². The van der Waals surface area contributed by atoms with Crippen molar-refractivity contribution in [3.63, 3.8) is 0 Å². The molecule has 0 saturated heterocycles. The number of hydrogen-bond donors (Lipinski definition) is 1. The molecule has 2 rings (SSSR count). The highest BCUT2D eigenvalue weighted by molar-refractivity contribution is 7.80. The third-order valence-corrected chi connectivity index (χ3v) is 2.99. The molecular weight excluding hydrogens is 261 g/mol. The maximum Gasteiger partial charge on any atom is 0.137 e. The van der Waals surface area contributed by atoms with Crippen LogP contribution in [0.4, 0.5) is 4.39 Å². The van der Waals surface area contributed by atoms with E-state index in [1.54, 1.807) is 0 Å². The van der Waals surface area contributed by atoms with Crippen LogP contribution >= 0.6 is 12.2 Å². The summed E-state index contributed by atoms with van der Waals surface area (Å²) in [6.45, 7) is 2.08. The summed E-state index contributed by atoms with van der Waals surface area (Å²) in [7, 11) is 0. The van der Waals surface area contributed by atoms with E-state index in [1.807, 2.05) is 24.3 Å². The minimum absolute atomic E-state index is 0.111. The molecule has 0 unspecified atom stereocenters. The van der Waals surface area contributed by atoms with Gasteiger partial charge in [0, 0.05) is 0 Å². The van der Waals surface area contributed by atoms with Gasteiger partial charge in [-0.2, -0.15) is 0 Å². The van der Waals surface area contributed by atoms with E-state index < -0.39 is 5.82 Å². The van der Waals surface area contributed by atoms with Gasteiger partial charge in [0.15, 0.2) is 0 Å². The molecule has 4 heteroatoms. The molecule has 0 aliphatic rings. The fourth-order valence-corrected chi connectivity index (χ4v) is 1.86. The Morgan fingerprint density at radius 1 is 1.21 bits per heavy atom. The normalized spacial score (nSPS) is 10.2. The van der Waals surface area contributed by atoms with Gasteiger partial charge < -0.3 is 10.5 Å². The van der Waals surface area contributed by atoms with Crippen LogP contribution in [-0.2, 0) is 6.42 Å². The van der Waals surface area contributed by atoms with Crippen LogP contribution in [0.15, 0.2) is 42.5 Å². The summed E-state index contributed by atoms with van der Waals surface area (Å²) in [6, 6.07) is 11.8. The van der Waals surface area contributed by atoms with E-state index in [9.17, 15) is 4.39 Å². The molecule has 0 aromatic heterocycles. The smallest absolute Gasteiger partial charge is 0.137 e. The summed E-state index contributed by atoms with van der Waals surface area (Å²) in [4.78, 5) is 0.111. The average Bonchev–Trinajstić information content (AvgIpc) is 2.41. The van der Waals surface area contributed by atoms with Crippen molar-refractivity contribution >= 4 is 17.2 Å². The van der Waals surface area contributed by atoms with E-state index in [1.165, 1.54) is 23.8 Å². The Hall–Kier alpha value is -1.94. The maximum absolute atomic E-state index is 13.2. The molecule has 19 heavy (non-hydrogen) atoms. The van der Waals surface area contributed by atoms with Gasteiger partial charge in [-0.25, -0.2) is 4.39 Å². The number of hydrogen-bond acceptors (Lipinski definition) is 2. The Labute approximate surface area is 117 Å². The lowest BCUT2D eigenvalue weighted by Gasteiger charge is -2.10. The van der Waals surface area contributed by atoms with Crippen LogP contribution in [0.1, 0.15) is 18.1 Å². The monoisotopic (exact) mass is 275 g/mol. The highest BCUT2D eigenvalue weighted by Crippen LogP contribution is 2.26. The van der Waals surface area contributed by atoms with E-state index in [0.29, 0.717) is 17.1 Å². The molecule has 2 N–H and O–H groups in total. The summed E-state index contributed by atoms with van der Waals surface area (Å²) >= 11 is 4.90. The van der Waals surface area contributed by atoms with Crippen LogP contribution in [0.3, 0.4) is 0 Å². The van der Waals surface area contributed by atoms with Gasteiger partial charge in [-0.1, -0.05) is 31.3 Å². The first kappa shape index (κ1) is 13.5. The average molecular weight is 275 g/mol. The summed E-state index contributed by atoms with van der Waals surface area (Å²) < 4.78 is 18.9. The van der Waals surface area contributed by atoms with Gasteiger partial charge >= 0.3 is 0 Å². The largest absolute Gasteiger partial charge is 0.457 e. The first-order valence-electron chi connectivity index (χ1n) is 5.96. The molecule has 0 radical (unpaired) electrons. The molecule has 0 spiro atoms. The molecule has 0 aliphatic heterocycles. The van der Waals surface area contributed by atoms with Gasteiger partial charge in [-0.15, -0.1) is 0 Å². The summed E-state index contributed by atoms with van der Waals surface area (Å²) in [5.74, 6) is 0.732. The van der Waals surface area contributed by atoms with Crippen LogP contribution in [0.25, 0.3) is 0 Å². The standard InChI is InChI=1S/C15H14FNOS/c1-2-10-3-6-12(7-4-10)18-14-8-5-11(16)9-13(14)15(17)19/h3-9H,2H2,1H3,(H2,17,19). The molecule has 2 aromatic carbocycles. The molecule has 98 valence electrons. The molecule has 0 amide bonds. The predicted octanol–water partition coefficient (Wildman–Crippen LogP) is 3.81. The topological polar surface area (TPSA) is 35.2 Å². The number of thiocarbonyl (C=S) groups is 1. The van der Waals surface area contributed by atoms with Gasteiger partial charge in [0.05, 0.1) is 5.56 Å². The number of halogens is 1. The van der Waals surface area contributed by atoms with Crippen molar-refractivity contribution in [2.75, 3.05) is 0 Å². The second-order valence-electron chi connectivity index (χ2n) is 4.10. The van der Waals surface area contributed by atoms with E-state index in [-0.39, 0.29) is 4.99 Å². The lowest BCUT2D eigenvalue weighted by molar-refractivity contribution is 0.479. The van der Waals surface area contributed by atoms with Crippen molar-refractivity contribution in [3.8, 4) is 11.5 Å². The highest BCUT2D eigenvalue weighted by Gasteiger charge is 2.09. The second kappa shape index (κ2) is 5.80. The molecular formula is C15H14FNOS. The molecule has 2 aromatic rings. The van der Waals surface area contributed by atoms with Crippen LogP contribution in [0, 0.1) is 5.82 Å². The van der Waals surface area contributed by atoms with Gasteiger partial charge in [0.1, 0.15) is 22.3 Å². The molecule has 0 atom stereocenters. The fourth-order valence-electron chi connectivity index (χ4n) is 1.70. The van der Waals surface area contributed by atoms with Crippen LogP contribution < -0.4 is 10.5 Å². The number of aryl methyl sites for hydroxylation is 1. The summed E-state index contributed by atoms with van der Waals surface area (Å²) in [5.41, 5.74) is 7.19. The van der Waals surface area contributed by atoms with Crippen molar-refractivity contribution in [2.24, 2.45) is 5.73 Å². The van der Waals surface area contributed by atoms with Crippen molar-refractivity contribution in [3.05, 3.63) is 59.4 Å².